The quantitative estimate of drug-likeness (QED) is 0.403. The van der Waals surface area contributed by atoms with Crippen molar-refractivity contribution in [3.05, 3.63) is 23.5 Å². The minimum absolute atomic E-state index is 0.298. The van der Waals surface area contributed by atoms with Crippen LogP contribution in [0.5, 0.6) is 0 Å². The zero-order valence-corrected chi connectivity index (χ0v) is 7.42. The molecule has 4 nitrogen and oxygen atoms in total. The topological polar surface area (TPSA) is 81.1 Å². The lowest BCUT2D eigenvalue weighted by molar-refractivity contribution is -0.114. The van der Waals surface area contributed by atoms with Crippen LogP contribution in [0.25, 0.3) is 0 Å². The summed E-state index contributed by atoms with van der Waals surface area (Å²) in [5, 5.41) is 2.66. The summed E-state index contributed by atoms with van der Waals surface area (Å²) in [6.45, 7) is 1.96. The second-order valence-electron chi connectivity index (χ2n) is 2.25. The van der Waals surface area contributed by atoms with E-state index in [9.17, 15) is 4.79 Å². The predicted molar refractivity (Wildman–Crippen MR) is 48.9 cm³/mol. The molecule has 0 saturated heterocycles. The molecule has 0 radical (unpaired) electrons. The number of nitrogens with two attached hydrogens (primary N) is 2. The largest absolute Gasteiger partial charge is 0.385 e. The average Bonchev–Trinajstić information content (AvgIpc) is 2.04. The standard InChI is InChI=1S/C8H15N3O/c1-3-4-5-6(8(10)12)7(9)11-2/h4-5,11H,3,9H2,1-2H3,(H2,10,12)/b5-4+,7-6+. The lowest BCUT2D eigenvalue weighted by Crippen LogP contribution is -2.24. The molecule has 0 bridgehead atoms. The Kier molecular flexibility index (Phi) is 4.60. The van der Waals surface area contributed by atoms with E-state index in [0.29, 0.717) is 11.4 Å². The number of amides is 1. The highest BCUT2D eigenvalue weighted by Gasteiger charge is 2.04. The number of allylic oxidation sites excluding steroid dienone is 1. The monoisotopic (exact) mass is 169 g/mol. The second-order valence-corrected chi connectivity index (χ2v) is 2.25. The van der Waals surface area contributed by atoms with Crippen LogP contribution >= 0.6 is 0 Å². The van der Waals surface area contributed by atoms with Crippen LogP contribution < -0.4 is 16.8 Å². The number of hydrogen-bond acceptors (Lipinski definition) is 3. The van der Waals surface area contributed by atoms with Crippen molar-refractivity contribution in [2.45, 2.75) is 13.3 Å². The Labute approximate surface area is 72.3 Å². The number of nitrogens with one attached hydrogen (secondary N) is 1. The first-order valence-electron chi connectivity index (χ1n) is 3.77. The summed E-state index contributed by atoms with van der Waals surface area (Å²) in [6.07, 6.45) is 4.28. The summed E-state index contributed by atoms with van der Waals surface area (Å²) in [7, 11) is 1.64. The van der Waals surface area contributed by atoms with Crippen LogP contribution in [-0.2, 0) is 4.79 Å². The third kappa shape index (κ3) is 3.09. The lowest BCUT2D eigenvalue weighted by Gasteiger charge is -2.03. The number of primary amides is 1. The summed E-state index contributed by atoms with van der Waals surface area (Å²) in [5.74, 6) is -0.223. The number of carbonyl (C=O) groups excluding carboxylic acids is 1. The van der Waals surface area contributed by atoms with Crippen molar-refractivity contribution < 1.29 is 4.79 Å². The van der Waals surface area contributed by atoms with Gasteiger partial charge < -0.3 is 16.8 Å². The molecule has 0 aromatic rings. The van der Waals surface area contributed by atoms with Crippen LogP contribution in [0.4, 0.5) is 0 Å². The maximum atomic E-state index is 10.8. The van der Waals surface area contributed by atoms with Crippen LogP contribution in [0.15, 0.2) is 23.5 Å². The Balaban J connectivity index is 4.66. The smallest absolute Gasteiger partial charge is 0.252 e. The molecule has 0 aromatic carbocycles. The lowest BCUT2D eigenvalue weighted by atomic mass is 10.2. The summed E-state index contributed by atoms with van der Waals surface area (Å²) in [5.41, 5.74) is 10.9. The molecule has 1 amide bonds. The SMILES string of the molecule is CC/C=C/C(C(N)=O)=C(/N)NC. The fourth-order valence-electron chi connectivity index (χ4n) is 0.675. The third-order valence-corrected chi connectivity index (χ3v) is 1.35. The van der Waals surface area contributed by atoms with E-state index in [0.717, 1.165) is 6.42 Å². The maximum Gasteiger partial charge on any atom is 0.252 e. The number of carbonyl (C=O) groups is 1. The molecule has 0 spiro atoms. The van der Waals surface area contributed by atoms with Crippen LogP contribution in [0.3, 0.4) is 0 Å². The second kappa shape index (κ2) is 5.23. The molecule has 0 saturated carbocycles. The van der Waals surface area contributed by atoms with Crippen molar-refractivity contribution in [2.24, 2.45) is 11.5 Å². The first kappa shape index (κ1) is 10.6. The zero-order valence-electron chi connectivity index (χ0n) is 7.42. The summed E-state index contributed by atoms with van der Waals surface area (Å²) in [6, 6.07) is 0. The average molecular weight is 169 g/mol. The molecule has 68 valence electrons. The van der Waals surface area contributed by atoms with Crippen LogP contribution in [-0.4, -0.2) is 13.0 Å². The minimum Gasteiger partial charge on any atom is -0.385 e. The normalized spacial score (nSPS) is 12.8. The van der Waals surface area contributed by atoms with Gasteiger partial charge in [-0.15, -0.1) is 0 Å². The minimum atomic E-state index is -0.522. The fraction of sp³-hybridized carbons (Fsp3) is 0.375. The van der Waals surface area contributed by atoms with Gasteiger partial charge in [0, 0.05) is 7.05 Å². The predicted octanol–water partition coefficient (Wildman–Crippen LogP) is -0.172. The molecule has 12 heavy (non-hydrogen) atoms. The van der Waals surface area contributed by atoms with Gasteiger partial charge in [0.15, 0.2) is 0 Å². The van der Waals surface area contributed by atoms with E-state index in [1.165, 1.54) is 0 Å². The van der Waals surface area contributed by atoms with E-state index in [1.54, 1.807) is 13.1 Å². The summed E-state index contributed by atoms with van der Waals surface area (Å²) >= 11 is 0. The highest BCUT2D eigenvalue weighted by atomic mass is 16.1. The van der Waals surface area contributed by atoms with Gasteiger partial charge in [-0.25, -0.2) is 0 Å². The van der Waals surface area contributed by atoms with E-state index < -0.39 is 5.91 Å². The van der Waals surface area contributed by atoms with Crippen molar-refractivity contribution >= 4 is 5.91 Å². The van der Waals surface area contributed by atoms with E-state index >= 15 is 0 Å². The van der Waals surface area contributed by atoms with E-state index in [1.807, 2.05) is 13.0 Å². The molecule has 0 aliphatic heterocycles. The highest BCUT2D eigenvalue weighted by molar-refractivity contribution is 5.95. The Morgan fingerprint density at radius 2 is 2.08 bits per heavy atom. The molecule has 0 unspecified atom stereocenters. The molecule has 0 aliphatic carbocycles. The van der Waals surface area contributed by atoms with Gasteiger partial charge in [-0.1, -0.05) is 13.0 Å². The molecule has 0 rings (SSSR count). The molecular weight excluding hydrogens is 154 g/mol. The van der Waals surface area contributed by atoms with Gasteiger partial charge in [-0.2, -0.15) is 0 Å². The highest BCUT2D eigenvalue weighted by Crippen LogP contribution is 1.98. The van der Waals surface area contributed by atoms with Crippen LogP contribution in [0.1, 0.15) is 13.3 Å². The summed E-state index contributed by atoms with van der Waals surface area (Å²) < 4.78 is 0. The molecule has 4 heteroatoms. The van der Waals surface area contributed by atoms with E-state index in [-0.39, 0.29) is 0 Å². The summed E-state index contributed by atoms with van der Waals surface area (Å²) in [4.78, 5) is 10.8. The van der Waals surface area contributed by atoms with Crippen LogP contribution in [0.2, 0.25) is 0 Å². The zero-order chi connectivity index (χ0) is 9.56. The first-order valence-corrected chi connectivity index (χ1v) is 3.77. The van der Waals surface area contributed by atoms with E-state index in [2.05, 4.69) is 5.32 Å². The van der Waals surface area contributed by atoms with Gasteiger partial charge in [0.2, 0.25) is 0 Å². The van der Waals surface area contributed by atoms with Gasteiger partial charge >= 0.3 is 0 Å². The van der Waals surface area contributed by atoms with E-state index in [4.69, 9.17) is 11.5 Å². The first-order chi connectivity index (χ1) is 5.63. The van der Waals surface area contributed by atoms with Crippen molar-refractivity contribution in [2.75, 3.05) is 7.05 Å². The maximum absolute atomic E-state index is 10.8. The van der Waals surface area contributed by atoms with Gasteiger partial charge in [0.05, 0.1) is 5.57 Å². The van der Waals surface area contributed by atoms with Crippen LogP contribution in [0, 0.1) is 0 Å². The molecular formula is C8H15N3O. The Morgan fingerprint density at radius 3 is 2.42 bits per heavy atom. The molecule has 5 N–H and O–H groups in total. The van der Waals surface area contributed by atoms with Gasteiger partial charge in [0.25, 0.3) is 5.91 Å². The number of rotatable bonds is 4. The van der Waals surface area contributed by atoms with Gasteiger partial charge in [-0.3, -0.25) is 4.79 Å². The molecule has 0 aromatic heterocycles. The third-order valence-electron chi connectivity index (χ3n) is 1.35. The number of hydrogen-bond donors (Lipinski definition) is 3. The van der Waals surface area contributed by atoms with Crippen molar-refractivity contribution in [1.29, 1.82) is 0 Å². The molecule has 0 atom stereocenters. The van der Waals surface area contributed by atoms with Crippen molar-refractivity contribution in [3.63, 3.8) is 0 Å². The van der Waals surface area contributed by atoms with Gasteiger partial charge in [0.1, 0.15) is 5.82 Å². The van der Waals surface area contributed by atoms with Gasteiger partial charge in [-0.05, 0) is 12.5 Å². The molecule has 0 aliphatic rings. The Hall–Kier alpha value is -1.45. The van der Waals surface area contributed by atoms with Crippen molar-refractivity contribution in [3.8, 4) is 0 Å². The fourth-order valence-corrected chi connectivity index (χ4v) is 0.675. The van der Waals surface area contributed by atoms with Crippen molar-refractivity contribution in [1.82, 2.24) is 5.32 Å². The Morgan fingerprint density at radius 1 is 1.50 bits per heavy atom. The molecule has 0 fully saturated rings. The Bertz CT molecular complexity index is 218. The molecule has 0 heterocycles.